The third-order valence-electron chi connectivity index (χ3n) is 2.66. The third-order valence-corrected chi connectivity index (χ3v) is 2.66. The molecular weight excluding hydrogens is 196 g/mol. The highest BCUT2D eigenvalue weighted by Gasteiger charge is 2.03. The second-order valence-corrected chi connectivity index (χ2v) is 5.02. The quantitative estimate of drug-likeness (QED) is 0.764. The van der Waals surface area contributed by atoms with Gasteiger partial charge < -0.3 is 5.32 Å². The van der Waals surface area contributed by atoms with Crippen LogP contribution in [-0.4, -0.2) is 18.1 Å². The van der Waals surface area contributed by atoms with Crippen LogP contribution in [0.2, 0.25) is 0 Å². The highest BCUT2D eigenvalue weighted by atomic mass is 14.9. The van der Waals surface area contributed by atoms with Crippen molar-refractivity contribution in [3.8, 4) is 0 Å². The molecule has 0 amide bonds. The maximum atomic E-state index is 4.34. The zero-order valence-electron chi connectivity index (χ0n) is 10.7. The summed E-state index contributed by atoms with van der Waals surface area (Å²) in [4.78, 5) is 4.34. The van der Waals surface area contributed by atoms with Gasteiger partial charge in [0.1, 0.15) is 0 Å². The number of aromatic nitrogens is 1. The molecule has 0 spiro atoms. The first kappa shape index (κ1) is 13.2. The van der Waals surface area contributed by atoms with Crippen molar-refractivity contribution in [2.75, 3.05) is 13.1 Å². The lowest BCUT2D eigenvalue weighted by atomic mass is 10.0. The summed E-state index contributed by atoms with van der Waals surface area (Å²) in [6, 6.07) is 6.13. The highest BCUT2D eigenvalue weighted by Crippen LogP contribution is 2.06. The molecule has 0 aliphatic carbocycles. The van der Waals surface area contributed by atoms with E-state index in [0.717, 1.165) is 31.3 Å². The molecule has 0 aliphatic rings. The summed E-state index contributed by atoms with van der Waals surface area (Å²) in [5, 5.41) is 3.50. The molecule has 0 fully saturated rings. The number of hydrogen-bond acceptors (Lipinski definition) is 2. The minimum atomic E-state index is 0.723. The van der Waals surface area contributed by atoms with Crippen LogP contribution >= 0.6 is 0 Å². The molecule has 0 radical (unpaired) electrons. The number of nitrogens with one attached hydrogen (secondary N) is 1. The maximum Gasteiger partial charge on any atom is 0.0403 e. The van der Waals surface area contributed by atoms with Gasteiger partial charge in [0.25, 0.3) is 0 Å². The van der Waals surface area contributed by atoms with E-state index in [-0.39, 0.29) is 0 Å². The van der Waals surface area contributed by atoms with Gasteiger partial charge in [-0.3, -0.25) is 4.98 Å². The summed E-state index contributed by atoms with van der Waals surface area (Å²) in [6.07, 6.45) is 4.17. The molecule has 0 aromatic carbocycles. The molecule has 1 heterocycles. The number of nitrogens with zero attached hydrogens (tertiary/aromatic N) is 1. The van der Waals surface area contributed by atoms with E-state index in [1.54, 1.807) is 0 Å². The molecular formula is C14H24N2. The van der Waals surface area contributed by atoms with Crippen LogP contribution in [0.5, 0.6) is 0 Å². The van der Waals surface area contributed by atoms with Crippen LogP contribution in [0, 0.1) is 11.8 Å². The first-order valence-corrected chi connectivity index (χ1v) is 6.29. The molecule has 16 heavy (non-hydrogen) atoms. The fraction of sp³-hybridized carbons (Fsp3) is 0.643. The lowest BCUT2D eigenvalue weighted by Gasteiger charge is -2.13. The van der Waals surface area contributed by atoms with Gasteiger partial charge in [-0.25, -0.2) is 0 Å². The van der Waals surface area contributed by atoms with Crippen LogP contribution in [-0.2, 0) is 6.42 Å². The van der Waals surface area contributed by atoms with Gasteiger partial charge >= 0.3 is 0 Å². The Morgan fingerprint density at radius 2 is 2.00 bits per heavy atom. The molecule has 0 saturated heterocycles. The minimum absolute atomic E-state index is 0.723. The van der Waals surface area contributed by atoms with Gasteiger partial charge in [-0.1, -0.05) is 26.8 Å². The van der Waals surface area contributed by atoms with Gasteiger partial charge in [0.05, 0.1) is 0 Å². The average Bonchev–Trinajstić information content (AvgIpc) is 2.27. The minimum Gasteiger partial charge on any atom is -0.316 e. The Labute approximate surface area is 99.5 Å². The lowest BCUT2D eigenvalue weighted by molar-refractivity contribution is 0.452. The molecule has 0 aliphatic heterocycles. The van der Waals surface area contributed by atoms with Gasteiger partial charge in [0.2, 0.25) is 0 Å². The summed E-state index contributed by atoms with van der Waals surface area (Å²) >= 11 is 0. The van der Waals surface area contributed by atoms with Crippen molar-refractivity contribution >= 4 is 0 Å². The topological polar surface area (TPSA) is 24.9 Å². The molecule has 90 valence electrons. The fourth-order valence-corrected chi connectivity index (χ4v) is 1.66. The first-order chi connectivity index (χ1) is 7.68. The van der Waals surface area contributed by atoms with E-state index < -0.39 is 0 Å². The molecule has 1 unspecified atom stereocenters. The van der Waals surface area contributed by atoms with Crippen molar-refractivity contribution < 1.29 is 0 Å². The molecule has 2 nitrogen and oxygen atoms in total. The Kier molecular flexibility index (Phi) is 6.09. The highest BCUT2D eigenvalue weighted by molar-refractivity contribution is 5.03. The van der Waals surface area contributed by atoms with Crippen molar-refractivity contribution in [2.24, 2.45) is 11.8 Å². The van der Waals surface area contributed by atoms with Crippen LogP contribution in [0.4, 0.5) is 0 Å². The summed E-state index contributed by atoms with van der Waals surface area (Å²) < 4.78 is 0. The molecule has 1 atom stereocenters. The van der Waals surface area contributed by atoms with Gasteiger partial charge in [0, 0.05) is 11.9 Å². The average molecular weight is 220 g/mol. The first-order valence-electron chi connectivity index (χ1n) is 6.29. The molecule has 0 saturated carbocycles. The number of rotatable bonds is 7. The predicted molar refractivity (Wildman–Crippen MR) is 69.4 cm³/mol. The van der Waals surface area contributed by atoms with Crippen molar-refractivity contribution in [2.45, 2.75) is 33.6 Å². The van der Waals surface area contributed by atoms with Gasteiger partial charge in [-0.05, 0) is 49.9 Å². The zero-order valence-corrected chi connectivity index (χ0v) is 10.7. The standard InChI is InChI=1S/C14H24N2/c1-12(2)10-15-11-13(3)7-8-14-6-4-5-9-16-14/h4-6,9,12-13,15H,7-8,10-11H2,1-3H3. The van der Waals surface area contributed by atoms with Crippen molar-refractivity contribution in [1.29, 1.82) is 0 Å². The summed E-state index contributed by atoms with van der Waals surface area (Å²) in [6.45, 7) is 9.02. The van der Waals surface area contributed by atoms with E-state index in [1.807, 2.05) is 12.3 Å². The zero-order chi connectivity index (χ0) is 11.8. The fourth-order valence-electron chi connectivity index (χ4n) is 1.66. The summed E-state index contributed by atoms with van der Waals surface area (Å²) in [5.74, 6) is 1.46. The van der Waals surface area contributed by atoms with Gasteiger partial charge in [-0.2, -0.15) is 0 Å². The normalized spacial score (nSPS) is 13.0. The molecule has 1 aromatic rings. The van der Waals surface area contributed by atoms with E-state index in [0.29, 0.717) is 0 Å². The summed E-state index contributed by atoms with van der Waals surface area (Å²) in [7, 11) is 0. The van der Waals surface area contributed by atoms with Crippen LogP contribution in [0.1, 0.15) is 32.9 Å². The van der Waals surface area contributed by atoms with Gasteiger partial charge in [-0.15, -0.1) is 0 Å². The van der Waals surface area contributed by atoms with Crippen molar-refractivity contribution in [3.05, 3.63) is 30.1 Å². The van der Waals surface area contributed by atoms with Crippen molar-refractivity contribution in [1.82, 2.24) is 10.3 Å². The number of pyridine rings is 1. The monoisotopic (exact) mass is 220 g/mol. The molecule has 2 heteroatoms. The Hall–Kier alpha value is -0.890. The van der Waals surface area contributed by atoms with E-state index in [2.05, 4.69) is 43.2 Å². The van der Waals surface area contributed by atoms with E-state index >= 15 is 0 Å². The third kappa shape index (κ3) is 5.86. The number of hydrogen-bond donors (Lipinski definition) is 1. The Bertz CT molecular complexity index is 269. The van der Waals surface area contributed by atoms with Crippen LogP contribution in [0.25, 0.3) is 0 Å². The lowest BCUT2D eigenvalue weighted by Crippen LogP contribution is -2.25. The van der Waals surface area contributed by atoms with E-state index in [4.69, 9.17) is 0 Å². The predicted octanol–water partition coefficient (Wildman–Crippen LogP) is 2.90. The molecule has 1 N–H and O–H groups in total. The second-order valence-electron chi connectivity index (χ2n) is 5.02. The molecule has 1 rings (SSSR count). The van der Waals surface area contributed by atoms with Gasteiger partial charge in [0.15, 0.2) is 0 Å². The van der Waals surface area contributed by atoms with Crippen LogP contribution < -0.4 is 5.32 Å². The second kappa shape index (κ2) is 7.39. The maximum absolute atomic E-state index is 4.34. The Balaban J connectivity index is 2.13. The van der Waals surface area contributed by atoms with Crippen LogP contribution in [0.3, 0.4) is 0 Å². The Morgan fingerprint density at radius 3 is 2.62 bits per heavy atom. The van der Waals surface area contributed by atoms with E-state index in [9.17, 15) is 0 Å². The smallest absolute Gasteiger partial charge is 0.0403 e. The van der Waals surface area contributed by atoms with Crippen molar-refractivity contribution in [3.63, 3.8) is 0 Å². The largest absolute Gasteiger partial charge is 0.316 e. The van der Waals surface area contributed by atoms with Crippen LogP contribution in [0.15, 0.2) is 24.4 Å². The van der Waals surface area contributed by atoms with E-state index in [1.165, 1.54) is 12.1 Å². The molecule has 0 bridgehead atoms. The SMILES string of the molecule is CC(C)CNCC(C)CCc1ccccn1. The Morgan fingerprint density at radius 1 is 1.19 bits per heavy atom. The number of aryl methyl sites for hydroxylation is 1. The summed E-state index contributed by atoms with van der Waals surface area (Å²) in [5.41, 5.74) is 1.21. The molecule has 1 aromatic heterocycles.